The molecular formula is C19H27Cl2N5O2S2. The van der Waals surface area contributed by atoms with E-state index in [2.05, 4.69) is 18.7 Å². The van der Waals surface area contributed by atoms with E-state index in [9.17, 15) is 8.42 Å². The molecule has 0 N–H and O–H groups in total. The first-order valence-corrected chi connectivity index (χ1v) is 13.1. The lowest BCUT2D eigenvalue weighted by Gasteiger charge is -2.12. The zero-order valence-corrected chi connectivity index (χ0v) is 19.9. The van der Waals surface area contributed by atoms with Gasteiger partial charge in [-0.2, -0.15) is 5.26 Å². The summed E-state index contributed by atoms with van der Waals surface area (Å²) >= 11 is 11.3. The van der Waals surface area contributed by atoms with E-state index < -0.39 is 19.5 Å². The number of rotatable bonds is 4. The number of hydrogen-bond acceptors (Lipinski definition) is 7. The molecule has 2 rings (SSSR count). The summed E-state index contributed by atoms with van der Waals surface area (Å²) in [5.74, 6) is 0. The Hall–Kier alpha value is -1.73. The lowest BCUT2D eigenvalue weighted by atomic mass is 10.2. The van der Waals surface area contributed by atoms with Gasteiger partial charge >= 0.3 is 0 Å². The zero-order chi connectivity index (χ0) is 22.2. The summed E-state index contributed by atoms with van der Waals surface area (Å²) in [7, 11) is -3.15. The van der Waals surface area contributed by atoms with Gasteiger partial charge in [-0.05, 0) is 37.1 Å². The van der Waals surface area contributed by atoms with Crippen molar-refractivity contribution >= 4 is 42.7 Å². The van der Waals surface area contributed by atoms with E-state index in [1.165, 1.54) is 6.26 Å². The van der Waals surface area contributed by atoms with Gasteiger partial charge < -0.3 is 0 Å². The monoisotopic (exact) mass is 491 g/mol. The molecule has 0 saturated heterocycles. The van der Waals surface area contributed by atoms with Gasteiger partial charge in [-0.3, -0.25) is 0 Å². The van der Waals surface area contributed by atoms with Gasteiger partial charge in [0.1, 0.15) is 10.3 Å². The normalized spacial score (nSPS) is 16.1. The topological polar surface area (TPSA) is 108 Å². The average Bonchev–Trinajstić information content (AvgIpc) is 2.68. The van der Waals surface area contributed by atoms with E-state index in [0.29, 0.717) is 10.3 Å². The van der Waals surface area contributed by atoms with Crippen LogP contribution in [0.1, 0.15) is 42.9 Å². The molecule has 2 aromatic rings. The summed E-state index contributed by atoms with van der Waals surface area (Å²) in [5, 5.41) is 8.76. The maximum Gasteiger partial charge on any atom is 0.214 e. The number of nitrogens with zero attached hydrogens (tertiary/aromatic N) is 5. The Balaban J connectivity index is 0.000000544. The number of pyridine rings is 2. The van der Waals surface area contributed by atoms with Crippen molar-refractivity contribution in [1.29, 1.82) is 5.26 Å². The Morgan fingerprint density at radius 3 is 1.63 bits per heavy atom. The van der Waals surface area contributed by atoms with Crippen LogP contribution in [0.3, 0.4) is 0 Å². The number of hydrogen-bond donors (Lipinski definition) is 0. The van der Waals surface area contributed by atoms with Crippen molar-refractivity contribution in [2.24, 2.45) is 8.73 Å². The summed E-state index contributed by atoms with van der Waals surface area (Å²) in [6.07, 6.45) is 7.86. The quantitative estimate of drug-likeness (QED) is 0.412. The summed E-state index contributed by atoms with van der Waals surface area (Å²) in [6.45, 7) is 3.62. The number of halogens is 2. The van der Waals surface area contributed by atoms with Gasteiger partial charge in [-0.25, -0.2) is 22.7 Å². The Bertz CT molecular complexity index is 1100. The molecule has 4 atom stereocenters. The lowest BCUT2D eigenvalue weighted by Crippen LogP contribution is -2.07. The molecule has 166 valence electrons. The maximum absolute atomic E-state index is 11.9. The molecule has 2 heterocycles. The first kappa shape index (κ1) is 28.3. The van der Waals surface area contributed by atoms with E-state index in [-0.39, 0.29) is 17.9 Å². The second-order valence-corrected chi connectivity index (χ2v) is 12.4. The van der Waals surface area contributed by atoms with Crippen molar-refractivity contribution in [2.45, 2.75) is 31.8 Å². The number of nitriles is 1. The third-order valence-corrected chi connectivity index (χ3v) is 9.12. The van der Waals surface area contributed by atoms with Gasteiger partial charge in [0.05, 0.1) is 30.0 Å². The van der Waals surface area contributed by atoms with E-state index in [4.69, 9.17) is 28.5 Å². The maximum atomic E-state index is 11.9. The predicted molar refractivity (Wildman–Crippen MR) is 127 cm³/mol. The first-order valence-electron chi connectivity index (χ1n) is 8.35. The van der Waals surface area contributed by atoms with Gasteiger partial charge in [0, 0.05) is 32.0 Å². The molecule has 30 heavy (non-hydrogen) atoms. The molecule has 0 aliphatic rings. The van der Waals surface area contributed by atoms with Gasteiger partial charge in [-0.1, -0.05) is 42.8 Å². The Labute approximate surface area is 190 Å². The molecule has 2 aromatic heterocycles. The van der Waals surface area contributed by atoms with Crippen molar-refractivity contribution in [3.05, 3.63) is 58.1 Å². The Morgan fingerprint density at radius 2 is 1.33 bits per heavy atom. The third kappa shape index (κ3) is 8.19. The molecule has 0 fully saturated rings. The van der Waals surface area contributed by atoms with E-state index >= 15 is 0 Å². The van der Waals surface area contributed by atoms with Crippen LogP contribution < -0.4 is 0 Å². The summed E-state index contributed by atoms with van der Waals surface area (Å²) in [6, 6.07) is 6.87. The van der Waals surface area contributed by atoms with Crippen LogP contribution in [-0.2, 0) is 19.5 Å². The predicted octanol–water partition coefficient (Wildman–Crippen LogP) is 5.53. The number of aromatic nitrogens is 2. The summed E-state index contributed by atoms with van der Waals surface area (Å²) < 4.78 is 31.1. The SMILES string of the molecule is C.CN=S(C)(=O)[C@@H](C)c1ccc(Cl)nc1.C[C@H](c1ccc(Cl)nc1)S(C)(=O)=NC#N. The fourth-order valence-electron chi connectivity index (χ4n) is 2.08. The van der Waals surface area contributed by atoms with Crippen LogP contribution in [0.4, 0.5) is 0 Å². The largest absolute Gasteiger partial charge is 0.249 e. The molecule has 2 unspecified atom stereocenters. The van der Waals surface area contributed by atoms with Crippen LogP contribution >= 0.6 is 23.2 Å². The standard InChI is InChI=1S/C9H10ClN3OS.C9H13ClN2OS.CH4/c1-7(15(2,14)13-6-11)8-3-4-9(10)12-5-8;1-7(14(3,13)11-2)8-4-5-9(10)12-6-8;/h3-5,7H,1-2H3;4-7H,1-3H3;1H4/t7-,15?;7-,14?;/m10./s1. The molecule has 7 nitrogen and oxygen atoms in total. The van der Waals surface area contributed by atoms with Crippen molar-refractivity contribution < 1.29 is 8.42 Å². The fraction of sp³-hybridized carbons (Fsp3) is 0.421. The molecule has 0 bridgehead atoms. The van der Waals surface area contributed by atoms with Crippen molar-refractivity contribution in [3.8, 4) is 6.19 Å². The van der Waals surface area contributed by atoms with Crippen LogP contribution in [0.15, 0.2) is 45.4 Å². The van der Waals surface area contributed by atoms with Gasteiger partial charge in [0.2, 0.25) is 6.19 Å². The van der Waals surface area contributed by atoms with Gasteiger partial charge in [0.15, 0.2) is 0 Å². The molecule has 11 heteroatoms. The van der Waals surface area contributed by atoms with Crippen LogP contribution in [-0.4, -0.2) is 37.9 Å². The van der Waals surface area contributed by atoms with Crippen molar-refractivity contribution in [2.75, 3.05) is 19.6 Å². The van der Waals surface area contributed by atoms with E-state index in [0.717, 1.165) is 11.1 Å². The first-order chi connectivity index (χ1) is 13.4. The Morgan fingerprint density at radius 1 is 0.933 bits per heavy atom. The molecule has 0 spiro atoms. The van der Waals surface area contributed by atoms with Gasteiger partial charge in [0.25, 0.3) is 0 Å². The Kier molecular flexibility index (Phi) is 11.5. The van der Waals surface area contributed by atoms with Crippen LogP contribution in [0.25, 0.3) is 0 Å². The minimum atomic E-state index is -2.55. The average molecular weight is 492 g/mol. The molecule has 0 aromatic carbocycles. The van der Waals surface area contributed by atoms with Crippen LogP contribution in [0.2, 0.25) is 10.3 Å². The van der Waals surface area contributed by atoms with E-state index in [1.54, 1.807) is 57.0 Å². The molecule has 0 amide bonds. The highest BCUT2D eigenvalue weighted by atomic mass is 35.5. The minimum Gasteiger partial charge on any atom is -0.249 e. The second kappa shape index (κ2) is 12.2. The van der Waals surface area contributed by atoms with Crippen LogP contribution in [0, 0.1) is 11.5 Å². The third-order valence-electron chi connectivity index (χ3n) is 4.34. The smallest absolute Gasteiger partial charge is 0.214 e. The van der Waals surface area contributed by atoms with Crippen LogP contribution in [0.5, 0.6) is 0 Å². The molecule has 0 saturated carbocycles. The molecule has 0 aliphatic heterocycles. The zero-order valence-electron chi connectivity index (χ0n) is 16.7. The highest BCUT2D eigenvalue weighted by molar-refractivity contribution is 7.93. The fourth-order valence-corrected chi connectivity index (χ4v) is 4.23. The van der Waals surface area contributed by atoms with Gasteiger partial charge in [-0.15, -0.1) is 4.36 Å². The van der Waals surface area contributed by atoms with Crippen molar-refractivity contribution in [1.82, 2.24) is 9.97 Å². The molecule has 0 radical (unpaired) electrons. The minimum absolute atomic E-state index is 0. The molecular weight excluding hydrogens is 465 g/mol. The summed E-state index contributed by atoms with van der Waals surface area (Å²) in [4.78, 5) is 7.84. The van der Waals surface area contributed by atoms with Crippen molar-refractivity contribution in [3.63, 3.8) is 0 Å². The lowest BCUT2D eigenvalue weighted by molar-refractivity contribution is 0.671. The summed E-state index contributed by atoms with van der Waals surface area (Å²) in [5.41, 5.74) is 1.65. The second-order valence-electron chi connectivity index (χ2n) is 6.21. The highest BCUT2D eigenvalue weighted by Crippen LogP contribution is 2.23. The highest BCUT2D eigenvalue weighted by Gasteiger charge is 2.16. The molecule has 0 aliphatic carbocycles. The van der Waals surface area contributed by atoms with E-state index in [1.807, 2.05) is 13.0 Å².